The predicted molar refractivity (Wildman–Crippen MR) is 53.3 cm³/mol. The summed E-state index contributed by atoms with van der Waals surface area (Å²) in [5.74, 6) is 6.06. The van der Waals surface area contributed by atoms with Gasteiger partial charge in [-0.25, -0.2) is 0 Å². The lowest BCUT2D eigenvalue weighted by molar-refractivity contribution is -0.121. The van der Waals surface area contributed by atoms with E-state index in [4.69, 9.17) is 0 Å². The van der Waals surface area contributed by atoms with Crippen LogP contribution in [0.3, 0.4) is 0 Å². The Bertz CT molecular complexity index is 218. The van der Waals surface area contributed by atoms with Gasteiger partial charge in [0.1, 0.15) is 0 Å². The van der Waals surface area contributed by atoms with Crippen LogP contribution in [0.15, 0.2) is 0 Å². The standard InChI is InChI=1S/C11H17NO/c1-2-3-4-8-11(13)10-7-5-6-9-12-10/h10,12H,4-9H2,1H3. The highest BCUT2D eigenvalue weighted by Gasteiger charge is 2.19. The van der Waals surface area contributed by atoms with E-state index in [2.05, 4.69) is 17.2 Å². The summed E-state index contributed by atoms with van der Waals surface area (Å²) < 4.78 is 0. The number of nitrogens with one attached hydrogen (secondary N) is 1. The van der Waals surface area contributed by atoms with E-state index in [1.165, 1.54) is 12.8 Å². The topological polar surface area (TPSA) is 29.1 Å². The molecule has 0 aliphatic carbocycles. The first kappa shape index (κ1) is 10.3. The minimum Gasteiger partial charge on any atom is -0.307 e. The van der Waals surface area contributed by atoms with Gasteiger partial charge in [0.2, 0.25) is 0 Å². The molecule has 13 heavy (non-hydrogen) atoms. The highest BCUT2D eigenvalue weighted by atomic mass is 16.1. The van der Waals surface area contributed by atoms with Gasteiger partial charge in [0.05, 0.1) is 6.04 Å². The Hall–Kier alpha value is -0.810. The zero-order valence-corrected chi connectivity index (χ0v) is 8.23. The van der Waals surface area contributed by atoms with Gasteiger partial charge in [0.25, 0.3) is 0 Å². The summed E-state index contributed by atoms with van der Waals surface area (Å²) in [5.41, 5.74) is 0. The van der Waals surface area contributed by atoms with E-state index >= 15 is 0 Å². The molecule has 2 heteroatoms. The fourth-order valence-corrected chi connectivity index (χ4v) is 1.61. The highest BCUT2D eigenvalue weighted by molar-refractivity contribution is 5.84. The minimum absolute atomic E-state index is 0.118. The SMILES string of the molecule is CC#CCCC(=O)C1CCCCN1. The van der Waals surface area contributed by atoms with Crippen molar-refractivity contribution in [1.82, 2.24) is 5.32 Å². The van der Waals surface area contributed by atoms with E-state index < -0.39 is 0 Å². The zero-order valence-electron chi connectivity index (χ0n) is 8.23. The van der Waals surface area contributed by atoms with Crippen LogP contribution < -0.4 is 5.32 Å². The number of hydrogen-bond acceptors (Lipinski definition) is 2. The Morgan fingerprint density at radius 2 is 2.38 bits per heavy atom. The van der Waals surface area contributed by atoms with Crippen LogP contribution in [0.1, 0.15) is 39.0 Å². The molecule has 2 nitrogen and oxygen atoms in total. The Morgan fingerprint density at radius 1 is 1.54 bits per heavy atom. The normalized spacial score (nSPS) is 21.8. The van der Waals surface area contributed by atoms with Gasteiger partial charge in [-0.15, -0.1) is 11.8 Å². The molecular formula is C11H17NO. The molecule has 1 fully saturated rings. The lowest BCUT2D eigenvalue weighted by Gasteiger charge is -2.21. The van der Waals surface area contributed by atoms with E-state index in [0.717, 1.165) is 13.0 Å². The second-order valence-electron chi connectivity index (χ2n) is 3.40. The average molecular weight is 179 g/mol. The van der Waals surface area contributed by atoms with Crippen molar-refractivity contribution in [3.8, 4) is 11.8 Å². The van der Waals surface area contributed by atoms with Gasteiger partial charge in [0, 0.05) is 12.8 Å². The van der Waals surface area contributed by atoms with Crippen LogP contribution in [0.5, 0.6) is 0 Å². The summed E-state index contributed by atoms with van der Waals surface area (Å²) >= 11 is 0. The smallest absolute Gasteiger partial charge is 0.150 e. The lowest BCUT2D eigenvalue weighted by Crippen LogP contribution is -2.40. The monoisotopic (exact) mass is 179 g/mol. The molecule has 1 aliphatic heterocycles. The van der Waals surface area contributed by atoms with Crippen LogP contribution in [-0.4, -0.2) is 18.4 Å². The lowest BCUT2D eigenvalue weighted by atomic mass is 9.98. The maximum absolute atomic E-state index is 11.5. The largest absolute Gasteiger partial charge is 0.307 e. The van der Waals surface area contributed by atoms with Crippen LogP contribution in [0.25, 0.3) is 0 Å². The van der Waals surface area contributed by atoms with Crippen LogP contribution in [-0.2, 0) is 4.79 Å². The number of ketones is 1. The summed E-state index contributed by atoms with van der Waals surface area (Å²) in [6.45, 7) is 2.80. The third kappa shape index (κ3) is 3.61. The number of piperidine rings is 1. The Labute approximate surface area is 80.1 Å². The first-order valence-electron chi connectivity index (χ1n) is 5.00. The van der Waals surface area contributed by atoms with Crippen molar-refractivity contribution in [3.63, 3.8) is 0 Å². The molecule has 0 amide bonds. The van der Waals surface area contributed by atoms with Crippen LogP contribution in [0.2, 0.25) is 0 Å². The van der Waals surface area contributed by atoms with Crippen molar-refractivity contribution in [1.29, 1.82) is 0 Å². The van der Waals surface area contributed by atoms with Crippen molar-refractivity contribution >= 4 is 5.78 Å². The summed E-state index contributed by atoms with van der Waals surface area (Å²) in [6, 6.07) is 0.118. The van der Waals surface area contributed by atoms with E-state index in [9.17, 15) is 4.79 Å². The quantitative estimate of drug-likeness (QED) is 0.665. The van der Waals surface area contributed by atoms with Crippen molar-refractivity contribution in [2.45, 2.75) is 45.1 Å². The van der Waals surface area contributed by atoms with Gasteiger partial charge in [-0.1, -0.05) is 6.42 Å². The molecule has 0 aromatic carbocycles. The summed E-state index contributed by atoms with van der Waals surface area (Å²) in [6.07, 6.45) is 4.73. The molecular weight excluding hydrogens is 162 g/mol. The maximum atomic E-state index is 11.5. The summed E-state index contributed by atoms with van der Waals surface area (Å²) in [4.78, 5) is 11.5. The van der Waals surface area contributed by atoms with Gasteiger partial charge in [-0.05, 0) is 26.3 Å². The molecule has 72 valence electrons. The molecule has 1 aliphatic rings. The molecule has 0 aromatic rings. The average Bonchev–Trinajstić information content (AvgIpc) is 2.19. The molecule has 1 rings (SSSR count). The van der Waals surface area contributed by atoms with Crippen molar-refractivity contribution in [3.05, 3.63) is 0 Å². The van der Waals surface area contributed by atoms with Crippen LogP contribution >= 0.6 is 0 Å². The zero-order chi connectivity index (χ0) is 9.52. The number of hydrogen-bond donors (Lipinski definition) is 1. The third-order valence-corrected chi connectivity index (χ3v) is 2.37. The fraction of sp³-hybridized carbons (Fsp3) is 0.727. The molecule has 0 saturated carbocycles. The van der Waals surface area contributed by atoms with E-state index in [-0.39, 0.29) is 6.04 Å². The number of carbonyl (C=O) groups excluding carboxylic acids is 1. The van der Waals surface area contributed by atoms with Crippen molar-refractivity contribution < 1.29 is 4.79 Å². The van der Waals surface area contributed by atoms with E-state index in [0.29, 0.717) is 18.6 Å². The first-order chi connectivity index (χ1) is 6.34. The van der Waals surface area contributed by atoms with Gasteiger partial charge in [-0.2, -0.15) is 0 Å². The van der Waals surface area contributed by atoms with Gasteiger partial charge in [-0.3, -0.25) is 4.79 Å². The number of carbonyl (C=O) groups is 1. The summed E-state index contributed by atoms with van der Waals surface area (Å²) in [5, 5.41) is 3.25. The summed E-state index contributed by atoms with van der Waals surface area (Å²) in [7, 11) is 0. The van der Waals surface area contributed by atoms with E-state index in [1.54, 1.807) is 0 Å². The second-order valence-corrected chi connectivity index (χ2v) is 3.40. The van der Waals surface area contributed by atoms with Crippen molar-refractivity contribution in [2.75, 3.05) is 6.54 Å². The molecule has 1 unspecified atom stereocenters. The van der Waals surface area contributed by atoms with Crippen LogP contribution in [0, 0.1) is 11.8 Å². The molecule has 1 saturated heterocycles. The third-order valence-electron chi connectivity index (χ3n) is 2.37. The first-order valence-corrected chi connectivity index (χ1v) is 5.00. The highest BCUT2D eigenvalue weighted by Crippen LogP contribution is 2.09. The number of Topliss-reactive ketones (excluding diaryl/α,β-unsaturated/α-hetero) is 1. The van der Waals surface area contributed by atoms with Gasteiger partial charge < -0.3 is 5.32 Å². The molecule has 1 atom stereocenters. The second kappa shape index (κ2) is 5.77. The molecule has 0 aromatic heterocycles. The Balaban J connectivity index is 2.23. The number of rotatable bonds is 3. The Morgan fingerprint density at radius 3 is 3.00 bits per heavy atom. The van der Waals surface area contributed by atoms with Gasteiger partial charge >= 0.3 is 0 Å². The molecule has 1 heterocycles. The minimum atomic E-state index is 0.118. The fourth-order valence-electron chi connectivity index (χ4n) is 1.61. The molecule has 1 N–H and O–H groups in total. The van der Waals surface area contributed by atoms with Gasteiger partial charge in [0.15, 0.2) is 5.78 Å². The van der Waals surface area contributed by atoms with Crippen LogP contribution in [0.4, 0.5) is 0 Å². The maximum Gasteiger partial charge on any atom is 0.150 e. The molecule has 0 spiro atoms. The van der Waals surface area contributed by atoms with E-state index in [1.807, 2.05) is 6.92 Å². The molecule has 0 radical (unpaired) electrons. The Kier molecular flexibility index (Phi) is 4.56. The van der Waals surface area contributed by atoms with Crippen molar-refractivity contribution in [2.24, 2.45) is 0 Å². The predicted octanol–water partition coefficient (Wildman–Crippen LogP) is 1.50. The molecule has 0 bridgehead atoms.